The van der Waals surface area contributed by atoms with E-state index in [4.69, 9.17) is 4.74 Å². The summed E-state index contributed by atoms with van der Waals surface area (Å²) in [6, 6.07) is 1.20. The van der Waals surface area contributed by atoms with E-state index >= 15 is 0 Å². The molecule has 0 aromatic carbocycles. The Morgan fingerprint density at radius 3 is 2.92 bits per heavy atom. The number of carbonyl (C=O) groups excluding carboxylic acids is 1. The Morgan fingerprint density at radius 1 is 1.22 bits per heavy atom. The SMILES string of the molecule is CC1=CC[C@@H]2OCCC=C([C@@H]3C[C@H]4CCC[C@@]4(C(=O)N4CCc5ncc(C(F)(F)F)cc5C4)C3)[C@@H]2CC1. The molecular formula is C30H37F3N2O2. The second-order valence-electron chi connectivity index (χ2n) is 12.0. The first-order chi connectivity index (χ1) is 17.7. The first-order valence-corrected chi connectivity index (χ1v) is 14.1. The molecule has 0 spiro atoms. The highest BCUT2D eigenvalue weighted by molar-refractivity contribution is 5.84. The van der Waals surface area contributed by atoms with Gasteiger partial charge in [-0.1, -0.05) is 29.7 Å². The van der Waals surface area contributed by atoms with Crippen LogP contribution in [0.2, 0.25) is 0 Å². The fourth-order valence-corrected chi connectivity index (χ4v) is 8.10. The third-order valence-corrected chi connectivity index (χ3v) is 9.94. The highest BCUT2D eigenvalue weighted by Gasteiger charge is 2.57. The Balaban J connectivity index is 1.23. The van der Waals surface area contributed by atoms with Gasteiger partial charge in [0.2, 0.25) is 5.91 Å². The predicted octanol–water partition coefficient (Wildman–Crippen LogP) is 6.64. The van der Waals surface area contributed by atoms with Crippen LogP contribution in [0.5, 0.6) is 0 Å². The minimum Gasteiger partial charge on any atom is -0.377 e. The molecule has 0 radical (unpaired) electrons. The topological polar surface area (TPSA) is 42.4 Å². The Kier molecular flexibility index (Phi) is 6.49. The molecule has 0 saturated heterocycles. The number of nitrogens with zero attached hydrogens (tertiary/aromatic N) is 2. The summed E-state index contributed by atoms with van der Waals surface area (Å²) < 4.78 is 46.2. The minimum atomic E-state index is -4.43. The number of hydrogen-bond acceptors (Lipinski definition) is 3. The number of allylic oxidation sites excluding steroid dienone is 1. The highest BCUT2D eigenvalue weighted by Crippen LogP contribution is 2.60. The number of amides is 1. The van der Waals surface area contributed by atoms with E-state index in [2.05, 4.69) is 24.1 Å². The van der Waals surface area contributed by atoms with Crippen molar-refractivity contribution in [1.29, 1.82) is 0 Å². The van der Waals surface area contributed by atoms with Crippen LogP contribution < -0.4 is 0 Å². The van der Waals surface area contributed by atoms with Gasteiger partial charge in [-0.2, -0.15) is 13.2 Å². The first kappa shape index (κ1) is 25.1. The van der Waals surface area contributed by atoms with Crippen LogP contribution in [0.25, 0.3) is 0 Å². The Bertz CT molecular complexity index is 1130. The highest BCUT2D eigenvalue weighted by atomic mass is 19.4. The Hall–Kier alpha value is -2.15. The smallest absolute Gasteiger partial charge is 0.377 e. The van der Waals surface area contributed by atoms with Crippen molar-refractivity contribution in [1.82, 2.24) is 9.88 Å². The fraction of sp³-hybridized carbons (Fsp3) is 0.667. The van der Waals surface area contributed by atoms with Gasteiger partial charge in [0.15, 0.2) is 0 Å². The van der Waals surface area contributed by atoms with Gasteiger partial charge in [-0.05, 0) is 81.8 Å². The minimum absolute atomic E-state index is 0.168. The predicted molar refractivity (Wildman–Crippen MR) is 134 cm³/mol. The number of rotatable bonds is 2. The van der Waals surface area contributed by atoms with Gasteiger partial charge in [0.1, 0.15) is 0 Å². The van der Waals surface area contributed by atoms with Crippen LogP contribution in [0.1, 0.15) is 81.5 Å². The number of pyridine rings is 1. The van der Waals surface area contributed by atoms with Crippen molar-refractivity contribution in [2.45, 2.75) is 90.0 Å². The summed E-state index contributed by atoms with van der Waals surface area (Å²) in [7, 11) is 0. The lowest BCUT2D eigenvalue weighted by atomic mass is 9.76. The number of halogens is 3. The molecule has 2 saturated carbocycles. The fourth-order valence-electron chi connectivity index (χ4n) is 8.10. The monoisotopic (exact) mass is 514 g/mol. The van der Waals surface area contributed by atoms with E-state index in [-0.39, 0.29) is 24.0 Å². The van der Waals surface area contributed by atoms with Crippen LogP contribution in [0.3, 0.4) is 0 Å². The summed E-state index contributed by atoms with van der Waals surface area (Å²) in [6.07, 6.45) is 11.1. The van der Waals surface area contributed by atoms with Gasteiger partial charge < -0.3 is 9.64 Å². The van der Waals surface area contributed by atoms with Crippen molar-refractivity contribution in [2.75, 3.05) is 13.2 Å². The maximum atomic E-state index is 14.2. The molecule has 5 aliphatic rings. The van der Waals surface area contributed by atoms with Gasteiger partial charge in [-0.15, -0.1) is 0 Å². The number of fused-ring (bicyclic) bond motifs is 3. The van der Waals surface area contributed by atoms with Crippen LogP contribution in [0.15, 0.2) is 35.6 Å². The molecule has 200 valence electrons. The summed E-state index contributed by atoms with van der Waals surface area (Å²) in [6.45, 7) is 3.75. The van der Waals surface area contributed by atoms with Crippen LogP contribution in [-0.4, -0.2) is 35.0 Å². The molecular weight excluding hydrogens is 477 g/mol. The second-order valence-corrected chi connectivity index (χ2v) is 12.0. The summed E-state index contributed by atoms with van der Waals surface area (Å²) in [5, 5.41) is 0. The molecule has 1 aromatic rings. The van der Waals surface area contributed by atoms with Gasteiger partial charge in [0.05, 0.1) is 23.7 Å². The van der Waals surface area contributed by atoms with Gasteiger partial charge in [0.25, 0.3) is 0 Å². The van der Waals surface area contributed by atoms with Gasteiger partial charge in [-0.3, -0.25) is 9.78 Å². The average Bonchev–Trinajstić information content (AvgIpc) is 3.29. The van der Waals surface area contributed by atoms with E-state index in [0.29, 0.717) is 42.0 Å². The number of ether oxygens (including phenoxy) is 1. The third kappa shape index (κ3) is 4.55. The van der Waals surface area contributed by atoms with Gasteiger partial charge in [-0.25, -0.2) is 0 Å². The van der Waals surface area contributed by atoms with E-state index in [1.165, 1.54) is 17.2 Å². The van der Waals surface area contributed by atoms with E-state index in [1.807, 2.05) is 4.90 Å². The van der Waals surface area contributed by atoms with Gasteiger partial charge >= 0.3 is 6.18 Å². The largest absolute Gasteiger partial charge is 0.417 e. The lowest BCUT2D eigenvalue weighted by Gasteiger charge is -2.37. The molecule has 5 atom stereocenters. The van der Waals surface area contributed by atoms with E-state index in [9.17, 15) is 18.0 Å². The van der Waals surface area contributed by atoms with Crippen LogP contribution in [0.4, 0.5) is 13.2 Å². The molecule has 7 heteroatoms. The van der Waals surface area contributed by atoms with Crippen LogP contribution >= 0.6 is 0 Å². The van der Waals surface area contributed by atoms with Crippen LogP contribution in [0, 0.1) is 23.2 Å². The molecule has 6 rings (SSSR count). The zero-order chi connectivity index (χ0) is 25.8. The summed E-state index contributed by atoms with van der Waals surface area (Å²) in [4.78, 5) is 20.1. The quantitative estimate of drug-likeness (QED) is 0.416. The van der Waals surface area contributed by atoms with Gasteiger partial charge in [0, 0.05) is 37.3 Å². The molecule has 1 aromatic heterocycles. The van der Waals surface area contributed by atoms with Crippen molar-refractivity contribution in [3.05, 3.63) is 52.4 Å². The van der Waals surface area contributed by atoms with Crippen molar-refractivity contribution in [2.24, 2.45) is 23.2 Å². The maximum Gasteiger partial charge on any atom is 0.417 e. The average molecular weight is 515 g/mol. The normalized spacial score (nSPS) is 34.0. The summed E-state index contributed by atoms with van der Waals surface area (Å²) >= 11 is 0. The maximum absolute atomic E-state index is 14.2. The Labute approximate surface area is 217 Å². The Morgan fingerprint density at radius 2 is 2.08 bits per heavy atom. The summed E-state index contributed by atoms with van der Waals surface area (Å²) in [5.41, 5.74) is 3.09. The number of alkyl halides is 3. The van der Waals surface area contributed by atoms with E-state index in [0.717, 1.165) is 70.6 Å². The van der Waals surface area contributed by atoms with Crippen molar-refractivity contribution < 1.29 is 22.7 Å². The number of carbonyl (C=O) groups is 1. The number of aromatic nitrogens is 1. The summed E-state index contributed by atoms with van der Waals surface area (Å²) in [5.74, 6) is 1.35. The van der Waals surface area contributed by atoms with E-state index in [1.54, 1.807) is 0 Å². The molecule has 0 bridgehead atoms. The molecule has 2 fully saturated rings. The number of hydrogen-bond donors (Lipinski definition) is 0. The standard InChI is InChI=1S/C30H37F3N2O2/c1-19-6-8-25-24(5-3-13-37-27(25)9-7-19)20-14-22-4-2-11-29(22,16-20)28(36)35-12-10-26-21(18-35)15-23(17-34-26)30(31,32)33/h5,7,15,17,20,22,25,27H,2-4,6,8-14,16,18H2,1H3/t20-,22-,25+,27+,29-/m1/s1. The molecule has 2 aliphatic heterocycles. The zero-order valence-corrected chi connectivity index (χ0v) is 21.7. The molecule has 0 unspecified atom stereocenters. The third-order valence-electron chi connectivity index (χ3n) is 9.94. The second kappa shape index (κ2) is 9.55. The van der Waals surface area contributed by atoms with E-state index < -0.39 is 11.7 Å². The molecule has 4 nitrogen and oxygen atoms in total. The molecule has 3 heterocycles. The lowest BCUT2D eigenvalue weighted by Crippen LogP contribution is -2.46. The molecule has 37 heavy (non-hydrogen) atoms. The van der Waals surface area contributed by atoms with Crippen molar-refractivity contribution in [3.8, 4) is 0 Å². The molecule has 3 aliphatic carbocycles. The first-order valence-electron chi connectivity index (χ1n) is 14.1. The van der Waals surface area contributed by atoms with Crippen molar-refractivity contribution >= 4 is 5.91 Å². The lowest BCUT2D eigenvalue weighted by molar-refractivity contribution is -0.144. The van der Waals surface area contributed by atoms with Crippen molar-refractivity contribution in [3.63, 3.8) is 0 Å². The molecule has 0 N–H and O–H groups in total. The molecule has 1 amide bonds. The van der Waals surface area contributed by atoms with Crippen LogP contribution in [-0.2, 0) is 28.7 Å². The zero-order valence-electron chi connectivity index (χ0n) is 21.7.